The summed E-state index contributed by atoms with van der Waals surface area (Å²) < 4.78 is 38.1. The first-order valence-electron chi connectivity index (χ1n) is 6.85. The molecule has 7 heteroatoms. The minimum atomic E-state index is -4.23. The van der Waals surface area contributed by atoms with E-state index in [1.54, 1.807) is 13.0 Å². The summed E-state index contributed by atoms with van der Waals surface area (Å²) in [5, 5.41) is 2.54. The van der Waals surface area contributed by atoms with Gasteiger partial charge < -0.3 is 10.3 Å². The average Bonchev–Trinajstić information content (AvgIpc) is 2.37. The molecule has 116 valence electrons. The first-order chi connectivity index (χ1) is 9.77. The lowest BCUT2D eigenvalue weighted by atomic mass is 9.85. The van der Waals surface area contributed by atoms with Gasteiger partial charge in [0.25, 0.3) is 11.5 Å². The van der Waals surface area contributed by atoms with Crippen molar-refractivity contribution in [3.8, 4) is 0 Å². The molecule has 1 aliphatic rings. The molecular formula is C14H17F3N2O2. The molecule has 0 spiro atoms. The quantitative estimate of drug-likeness (QED) is 0.882. The topological polar surface area (TPSA) is 62.0 Å². The van der Waals surface area contributed by atoms with Gasteiger partial charge in [0.05, 0.1) is 5.92 Å². The van der Waals surface area contributed by atoms with Gasteiger partial charge in [0.1, 0.15) is 5.56 Å². The van der Waals surface area contributed by atoms with Crippen LogP contribution in [0.4, 0.5) is 13.2 Å². The second kappa shape index (κ2) is 5.91. The number of hydrogen-bond acceptors (Lipinski definition) is 2. The van der Waals surface area contributed by atoms with Crippen LogP contribution in [0.2, 0.25) is 0 Å². The number of nitrogens with one attached hydrogen (secondary N) is 2. The largest absolute Gasteiger partial charge is 0.391 e. The van der Waals surface area contributed by atoms with Gasteiger partial charge in [0.15, 0.2) is 0 Å². The van der Waals surface area contributed by atoms with Crippen LogP contribution < -0.4 is 10.9 Å². The van der Waals surface area contributed by atoms with E-state index >= 15 is 0 Å². The van der Waals surface area contributed by atoms with Gasteiger partial charge in [-0.25, -0.2) is 0 Å². The standard InChI is InChI=1S/C14H17F3N2O2/c1-8-5-6-11(12(20)18-8)13(21)19-10-4-2-3-9(7-10)14(15,16)17/h5-6,9-10H,2-4,7H2,1H3,(H,18,20)(H,19,21)/t9-,10+/m0/s1. The Morgan fingerprint density at radius 3 is 2.67 bits per heavy atom. The lowest BCUT2D eigenvalue weighted by Gasteiger charge is -2.30. The van der Waals surface area contributed by atoms with E-state index in [1.165, 1.54) is 6.07 Å². The summed E-state index contributed by atoms with van der Waals surface area (Å²) in [6.45, 7) is 1.68. The molecule has 0 bridgehead atoms. The Morgan fingerprint density at radius 2 is 2.05 bits per heavy atom. The van der Waals surface area contributed by atoms with Crippen LogP contribution in [0.15, 0.2) is 16.9 Å². The molecule has 0 aliphatic heterocycles. The van der Waals surface area contributed by atoms with Crippen LogP contribution in [0, 0.1) is 12.8 Å². The Kier molecular flexibility index (Phi) is 4.39. The van der Waals surface area contributed by atoms with E-state index in [9.17, 15) is 22.8 Å². The zero-order valence-corrected chi connectivity index (χ0v) is 11.6. The molecule has 1 fully saturated rings. The third kappa shape index (κ3) is 3.86. The second-order valence-corrected chi connectivity index (χ2v) is 5.46. The van der Waals surface area contributed by atoms with Crippen LogP contribution >= 0.6 is 0 Å². The van der Waals surface area contributed by atoms with Crippen LogP contribution in [-0.2, 0) is 0 Å². The number of alkyl halides is 3. The number of aryl methyl sites for hydroxylation is 1. The number of hydrogen-bond donors (Lipinski definition) is 2. The highest BCUT2D eigenvalue weighted by atomic mass is 19.4. The van der Waals surface area contributed by atoms with Crippen LogP contribution in [-0.4, -0.2) is 23.1 Å². The minimum Gasteiger partial charge on any atom is -0.349 e. The molecule has 4 nitrogen and oxygen atoms in total. The fourth-order valence-corrected chi connectivity index (χ4v) is 2.63. The maximum atomic E-state index is 12.7. The highest BCUT2D eigenvalue weighted by Gasteiger charge is 2.42. The Balaban J connectivity index is 2.04. The number of H-pyrrole nitrogens is 1. The van der Waals surface area contributed by atoms with E-state index < -0.39 is 29.6 Å². The number of pyridine rings is 1. The van der Waals surface area contributed by atoms with Gasteiger partial charge in [-0.05, 0) is 38.3 Å². The van der Waals surface area contributed by atoms with Gasteiger partial charge >= 0.3 is 6.18 Å². The molecule has 1 heterocycles. The van der Waals surface area contributed by atoms with Crippen molar-refractivity contribution in [2.24, 2.45) is 5.92 Å². The number of carbonyl (C=O) groups is 1. The number of amides is 1. The first kappa shape index (κ1) is 15.6. The Hall–Kier alpha value is -1.79. The molecule has 0 radical (unpaired) electrons. The van der Waals surface area contributed by atoms with Gasteiger partial charge in [-0.2, -0.15) is 13.2 Å². The lowest BCUT2D eigenvalue weighted by molar-refractivity contribution is -0.183. The minimum absolute atomic E-state index is 0.0743. The van der Waals surface area contributed by atoms with E-state index in [4.69, 9.17) is 0 Å². The van der Waals surface area contributed by atoms with E-state index in [2.05, 4.69) is 10.3 Å². The number of rotatable bonds is 2. The Morgan fingerprint density at radius 1 is 1.33 bits per heavy atom. The fourth-order valence-electron chi connectivity index (χ4n) is 2.63. The molecule has 0 aromatic carbocycles. The van der Waals surface area contributed by atoms with Gasteiger partial charge in [-0.15, -0.1) is 0 Å². The zero-order valence-electron chi connectivity index (χ0n) is 11.6. The molecule has 0 unspecified atom stereocenters. The maximum Gasteiger partial charge on any atom is 0.391 e. The van der Waals surface area contributed by atoms with E-state index in [0.717, 1.165) is 0 Å². The SMILES string of the molecule is Cc1ccc(C(=O)N[C@@H]2CCC[C@H](C(F)(F)F)C2)c(=O)[nH]1. The molecule has 1 aliphatic carbocycles. The lowest BCUT2D eigenvalue weighted by Crippen LogP contribution is -2.42. The predicted molar refractivity (Wildman–Crippen MR) is 71.1 cm³/mol. The summed E-state index contributed by atoms with van der Waals surface area (Å²) in [5.74, 6) is -2.00. The third-order valence-corrected chi connectivity index (χ3v) is 3.77. The molecule has 21 heavy (non-hydrogen) atoms. The predicted octanol–water partition coefficient (Wildman–Crippen LogP) is 2.53. The van der Waals surface area contributed by atoms with Gasteiger partial charge in [0, 0.05) is 11.7 Å². The Labute approximate surface area is 119 Å². The smallest absolute Gasteiger partial charge is 0.349 e. The van der Waals surface area contributed by atoms with Crippen LogP contribution in [0.25, 0.3) is 0 Å². The van der Waals surface area contributed by atoms with Crippen LogP contribution in [0.5, 0.6) is 0 Å². The molecule has 1 amide bonds. The van der Waals surface area contributed by atoms with Crippen molar-refractivity contribution in [3.05, 3.63) is 33.7 Å². The van der Waals surface area contributed by atoms with Crippen LogP contribution in [0.3, 0.4) is 0 Å². The number of carbonyl (C=O) groups excluding carboxylic acids is 1. The second-order valence-electron chi connectivity index (χ2n) is 5.46. The van der Waals surface area contributed by atoms with Gasteiger partial charge in [0.2, 0.25) is 0 Å². The maximum absolute atomic E-state index is 12.7. The highest BCUT2D eigenvalue weighted by Crippen LogP contribution is 2.37. The van der Waals surface area contributed by atoms with E-state index in [0.29, 0.717) is 18.5 Å². The summed E-state index contributed by atoms with van der Waals surface area (Å²) in [6.07, 6.45) is -3.34. The molecule has 1 saturated carbocycles. The molecule has 1 aromatic heterocycles. The number of halogens is 3. The van der Waals surface area contributed by atoms with Crippen molar-refractivity contribution in [2.45, 2.75) is 44.8 Å². The molecule has 1 aromatic rings. The monoisotopic (exact) mass is 302 g/mol. The summed E-state index contributed by atoms with van der Waals surface area (Å²) in [7, 11) is 0. The van der Waals surface area contributed by atoms with E-state index in [-0.39, 0.29) is 18.4 Å². The van der Waals surface area contributed by atoms with Crippen molar-refractivity contribution in [1.82, 2.24) is 10.3 Å². The summed E-state index contributed by atoms with van der Waals surface area (Å²) in [5.41, 5.74) is 0.0109. The number of aromatic amines is 1. The summed E-state index contributed by atoms with van der Waals surface area (Å²) in [4.78, 5) is 26.1. The molecule has 2 N–H and O–H groups in total. The number of aromatic nitrogens is 1. The van der Waals surface area contributed by atoms with E-state index in [1.807, 2.05) is 0 Å². The van der Waals surface area contributed by atoms with Crippen molar-refractivity contribution >= 4 is 5.91 Å². The first-order valence-corrected chi connectivity index (χ1v) is 6.85. The normalized spacial score (nSPS) is 22.9. The van der Waals surface area contributed by atoms with Gasteiger partial charge in [-0.1, -0.05) is 6.42 Å². The molecule has 0 saturated heterocycles. The van der Waals surface area contributed by atoms with Crippen molar-refractivity contribution < 1.29 is 18.0 Å². The molecular weight excluding hydrogens is 285 g/mol. The van der Waals surface area contributed by atoms with Crippen molar-refractivity contribution in [1.29, 1.82) is 0 Å². The van der Waals surface area contributed by atoms with Crippen LogP contribution in [0.1, 0.15) is 41.7 Å². The zero-order chi connectivity index (χ0) is 15.6. The molecule has 2 rings (SSSR count). The van der Waals surface area contributed by atoms with Crippen molar-refractivity contribution in [3.63, 3.8) is 0 Å². The third-order valence-electron chi connectivity index (χ3n) is 3.77. The fraction of sp³-hybridized carbons (Fsp3) is 0.571. The van der Waals surface area contributed by atoms with Gasteiger partial charge in [-0.3, -0.25) is 9.59 Å². The highest BCUT2D eigenvalue weighted by molar-refractivity contribution is 5.93. The summed E-state index contributed by atoms with van der Waals surface area (Å²) in [6, 6.07) is 2.42. The molecule has 2 atom stereocenters. The van der Waals surface area contributed by atoms with Crippen molar-refractivity contribution in [2.75, 3.05) is 0 Å². The average molecular weight is 302 g/mol. The Bertz CT molecular complexity index is 580. The summed E-state index contributed by atoms with van der Waals surface area (Å²) >= 11 is 0.